The van der Waals surface area contributed by atoms with Crippen LogP contribution in [0.1, 0.15) is 31.2 Å². The Hall–Kier alpha value is -1.40. The maximum atomic E-state index is 12.6. The van der Waals surface area contributed by atoms with Gasteiger partial charge < -0.3 is 10.2 Å². The largest absolute Gasteiger partial charge is 0.350 e. The Labute approximate surface area is 170 Å². The molecule has 2 aliphatic rings. The fraction of sp³-hybridized carbons (Fsp3) is 0.524. The number of thioether (sulfide) groups is 2. The van der Waals surface area contributed by atoms with Crippen LogP contribution in [-0.4, -0.2) is 53.6 Å². The SMILES string of the molecule is CSc1ccc(/C=C/C(=O)NC2CCC(C(=O)N3CCSCC3)CC2)cc1. The van der Waals surface area contributed by atoms with Crippen molar-refractivity contribution < 1.29 is 9.59 Å². The number of carbonyl (C=O) groups excluding carboxylic acids is 2. The van der Waals surface area contributed by atoms with Crippen molar-refractivity contribution in [3.05, 3.63) is 35.9 Å². The highest BCUT2D eigenvalue weighted by Crippen LogP contribution is 2.27. The van der Waals surface area contributed by atoms with Crippen molar-refractivity contribution in [1.82, 2.24) is 10.2 Å². The highest BCUT2D eigenvalue weighted by atomic mass is 32.2. The highest BCUT2D eigenvalue weighted by molar-refractivity contribution is 7.99. The lowest BCUT2D eigenvalue weighted by molar-refractivity contribution is -0.136. The maximum Gasteiger partial charge on any atom is 0.244 e. The van der Waals surface area contributed by atoms with Gasteiger partial charge in [0.2, 0.25) is 11.8 Å². The monoisotopic (exact) mass is 404 g/mol. The molecule has 0 bridgehead atoms. The zero-order valence-electron chi connectivity index (χ0n) is 15.9. The molecule has 1 N–H and O–H groups in total. The van der Waals surface area contributed by atoms with Crippen LogP contribution in [0.25, 0.3) is 6.08 Å². The number of hydrogen-bond acceptors (Lipinski definition) is 4. The molecule has 1 aromatic carbocycles. The van der Waals surface area contributed by atoms with Crippen molar-refractivity contribution in [2.24, 2.45) is 5.92 Å². The zero-order chi connectivity index (χ0) is 19.1. The maximum absolute atomic E-state index is 12.6. The minimum absolute atomic E-state index is 0.0493. The van der Waals surface area contributed by atoms with Gasteiger partial charge in [0.05, 0.1) is 0 Å². The molecule has 1 saturated heterocycles. The quantitative estimate of drug-likeness (QED) is 0.601. The Balaban J connectivity index is 1.42. The molecule has 1 saturated carbocycles. The third-order valence-electron chi connectivity index (χ3n) is 5.29. The first kappa shape index (κ1) is 20.3. The smallest absolute Gasteiger partial charge is 0.244 e. The number of rotatable bonds is 5. The topological polar surface area (TPSA) is 49.4 Å². The summed E-state index contributed by atoms with van der Waals surface area (Å²) in [6.45, 7) is 1.78. The van der Waals surface area contributed by atoms with Gasteiger partial charge in [-0.05, 0) is 55.7 Å². The van der Waals surface area contributed by atoms with Gasteiger partial charge in [0, 0.05) is 47.5 Å². The summed E-state index contributed by atoms with van der Waals surface area (Å²) in [6.07, 6.45) is 9.05. The van der Waals surface area contributed by atoms with E-state index in [1.54, 1.807) is 17.8 Å². The Morgan fingerprint density at radius 1 is 1.11 bits per heavy atom. The Bertz CT molecular complexity index is 661. The van der Waals surface area contributed by atoms with E-state index >= 15 is 0 Å². The molecule has 0 aromatic heterocycles. The zero-order valence-corrected chi connectivity index (χ0v) is 17.5. The fourth-order valence-corrected chi connectivity index (χ4v) is 4.97. The van der Waals surface area contributed by atoms with E-state index in [9.17, 15) is 9.59 Å². The van der Waals surface area contributed by atoms with Crippen molar-refractivity contribution in [1.29, 1.82) is 0 Å². The van der Waals surface area contributed by atoms with Crippen molar-refractivity contribution >= 4 is 41.4 Å². The van der Waals surface area contributed by atoms with Gasteiger partial charge in [-0.1, -0.05) is 12.1 Å². The molecule has 0 spiro atoms. The van der Waals surface area contributed by atoms with Crippen molar-refractivity contribution in [3.8, 4) is 0 Å². The number of benzene rings is 1. The molecule has 0 radical (unpaired) electrons. The second-order valence-electron chi connectivity index (χ2n) is 7.10. The third-order valence-corrected chi connectivity index (χ3v) is 6.97. The van der Waals surface area contributed by atoms with Crippen LogP contribution < -0.4 is 5.32 Å². The van der Waals surface area contributed by atoms with Gasteiger partial charge >= 0.3 is 0 Å². The summed E-state index contributed by atoms with van der Waals surface area (Å²) in [4.78, 5) is 28.0. The summed E-state index contributed by atoms with van der Waals surface area (Å²) in [7, 11) is 0. The molecule has 146 valence electrons. The summed E-state index contributed by atoms with van der Waals surface area (Å²) in [6, 6.07) is 8.34. The summed E-state index contributed by atoms with van der Waals surface area (Å²) >= 11 is 3.63. The van der Waals surface area contributed by atoms with E-state index in [-0.39, 0.29) is 17.9 Å². The lowest BCUT2D eigenvalue weighted by Crippen LogP contribution is -2.44. The second kappa shape index (κ2) is 10.2. The molecule has 1 heterocycles. The van der Waals surface area contributed by atoms with Crippen LogP contribution in [0.2, 0.25) is 0 Å². The first-order valence-electron chi connectivity index (χ1n) is 9.65. The van der Waals surface area contributed by atoms with Crippen molar-refractivity contribution in [3.63, 3.8) is 0 Å². The van der Waals surface area contributed by atoms with Gasteiger partial charge in [-0.15, -0.1) is 11.8 Å². The van der Waals surface area contributed by atoms with Gasteiger partial charge in [0.15, 0.2) is 0 Å². The molecule has 3 rings (SSSR count). The van der Waals surface area contributed by atoms with Crippen LogP contribution >= 0.6 is 23.5 Å². The highest BCUT2D eigenvalue weighted by Gasteiger charge is 2.30. The minimum Gasteiger partial charge on any atom is -0.350 e. The van der Waals surface area contributed by atoms with Crippen LogP contribution in [0, 0.1) is 5.92 Å². The number of hydrogen-bond donors (Lipinski definition) is 1. The van der Waals surface area contributed by atoms with E-state index in [2.05, 4.69) is 17.4 Å². The lowest BCUT2D eigenvalue weighted by atomic mass is 9.85. The molecule has 1 aliphatic heterocycles. The first-order valence-corrected chi connectivity index (χ1v) is 12.0. The van der Waals surface area contributed by atoms with Gasteiger partial charge in [-0.3, -0.25) is 9.59 Å². The Morgan fingerprint density at radius 3 is 2.41 bits per heavy atom. The molecule has 27 heavy (non-hydrogen) atoms. The average molecular weight is 405 g/mol. The van der Waals surface area contributed by atoms with Crippen molar-refractivity contribution in [2.45, 2.75) is 36.6 Å². The molecule has 1 aromatic rings. The Kier molecular flexibility index (Phi) is 7.70. The molecule has 2 amide bonds. The Morgan fingerprint density at radius 2 is 1.78 bits per heavy atom. The van der Waals surface area contributed by atoms with E-state index in [1.165, 1.54) is 4.90 Å². The van der Waals surface area contributed by atoms with E-state index < -0.39 is 0 Å². The molecule has 2 fully saturated rings. The lowest BCUT2D eigenvalue weighted by Gasteiger charge is -2.34. The average Bonchev–Trinajstić information content (AvgIpc) is 2.73. The standard InChI is InChI=1S/C21H28N2O2S2/c1-26-19-9-2-16(3-10-19)4-11-20(24)22-18-7-5-17(6-8-18)21(25)23-12-14-27-15-13-23/h2-4,9-11,17-18H,5-8,12-15H2,1H3,(H,22,24)/b11-4+. The van der Waals surface area contributed by atoms with Crippen LogP contribution in [0.3, 0.4) is 0 Å². The number of amides is 2. The fourth-order valence-electron chi connectivity index (χ4n) is 3.66. The van der Waals surface area contributed by atoms with E-state index in [0.29, 0.717) is 5.91 Å². The second-order valence-corrected chi connectivity index (χ2v) is 9.21. The van der Waals surface area contributed by atoms with Crippen LogP contribution in [-0.2, 0) is 9.59 Å². The van der Waals surface area contributed by atoms with Gasteiger partial charge in [-0.2, -0.15) is 11.8 Å². The summed E-state index contributed by atoms with van der Waals surface area (Å²) < 4.78 is 0. The molecular weight excluding hydrogens is 376 g/mol. The van der Waals surface area contributed by atoms with E-state index in [0.717, 1.165) is 55.8 Å². The van der Waals surface area contributed by atoms with Gasteiger partial charge in [0.1, 0.15) is 0 Å². The predicted octanol–water partition coefficient (Wildman–Crippen LogP) is 3.67. The van der Waals surface area contributed by atoms with Crippen molar-refractivity contribution in [2.75, 3.05) is 30.9 Å². The molecule has 1 aliphatic carbocycles. The van der Waals surface area contributed by atoms with E-state index in [1.807, 2.05) is 41.1 Å². The molecule has 0 unspecified atom stereocenters. The summed E-state index contributed by atoms with van der Waals surface area (Å²) in [5.41, 5.74) is 1.02. The van der Waals surface area contributed by atoms with Crippen LogP contribution in [0.5, 0.6) is 0 Å². The third kappa shape index (κ3) is 6.04. The first-order chi connectivity index (χ1) is 13.2. The van der Waals surface area contributed by atoms with E-state index in [4.69, 9.17) is 0 Å². The number of carbonyl (C=O) groups is 2. The molecular formula is C21H28N2O2S2. The van der Waals surface area contributed by atoms with Gasteiger partial charge in [0.25, 0.3) is 0 Å². The number of nitrogens with one attached hydrogen (secondary N) is 1. The predicted molar refractivity (Wildman–Crippen MR) is 115 cm³/mol. The minimum atomic E-state index is -0.0493. The summed E-state index contributed by atoms with van der Waals surface area (Å²) in [5, 5.41) is 3.09. The van der Waals surface area contributed by atoms with Crippen LogP contribution in [0.15, 0.2) is 35.2 Å². The summed E-state index contributed by atoms with van der Waals surface area (Å²) in [5.74, 6) is 2.54. The molecule has 4 nitrogen and oxygen atoms in total. The molecule has 6 heteroatoms. The van der Waals surface area contributed by atoms with Gasteiger partial charge in [-0.25, -0.2) is 0 Å². The molecule has 0 atom stereocenters. The van der Waals surface area contributed by atoms with Crippen LogP contribution in [0.4, 0.5) is 0 Å². The number of nitrogens with zero attached hydrogens (tertiary/aromatic N) is 1. The normalized spacial score (nSPS) is 23.4.